The molecule has 0 aliphatic carbocycles. The highest BCUT2D eigenvalue weighted by molar-refractivity contribution is 6.35. The Morgan fingerprint density at radius 2 is 1.62 bits per heavy atom. The first kappa shape index (κ1) is 15.4. The second-order valence-corrected chi connectivity index (χ2v) is 4.88. The number of carbonyl (C=O) groups excluding carboxylic acids is 2. The molecule has 2 aromatic rings. The second kappa shape index (κ2) is 6.61. The van der Waals surface area contributed by atoms with Gasteiger partial charge in [0, 0.05) is 5.02 Å². The lowest BCUT2D eigenvalue weighted by Gasteiger charge is -2.07. The first-order chi connectivity index (χ1) is 10.0. The predicted molar refractivity (Wildman–Crippen MR) is 79.2 cm³/mol. The van der Waals surface area contributed by atoms with E-state index in [-0.39, 0.29) is 21.9 Å². The van der Waals surface area contributed by atoms with Crippen LogP contribution >= 0.6 is 23.2 Å². The number of carbonyl (C=O) groups is 2. The fraction of sp³-hybridized carbons (Fsp3) is 0.0667. The lowest BCUT2D eigenvalue weighted by molar-refractivity contribution is 0.0600. The summed E-state index contributed by atoms with van der Waals surface area (Å²) >= 11 is 11.7. The minimum absolute atomic E-state index is 0.189. The van der Waals surface area contributed by atoms with Crippen LogP contribution < -0.4 is 4.74 Å². The zero-order chi connectivity index (χ0) is 15.4. The maximum absolute atomic E-state index is 12.0. The van der Waals surface area contributed by atoms with Crippen LogP contribution in [0, 0.1) is 0 Å². The van der Waals surface area contributed by atoms with E-state index in [1.54, 1.807) is 12.1 Å². The normalized spacial score (nSPS) is 10.0. The average molecular weight is 325 g/mol. The topological polar surface area (TPSA) is 52.6 Å². The van der Waals surface area contributed by atoms with Crippen molar-refractivity contribution in [2.45, 2.75) is 0 Å². The molecule has 0 aromatic heterocycles. The fourth-order valence-electron chi connectivity index (χ4n) is 1.61. The Balaban J connectivity index is 2.22. The molecule has 0 heterocycles. The van der Waals surface area contributed by atoms with E-state index in [0.29, 0.717) is 5.02 Å². The Hall–Kier alpha value is -2.04. The third kappa shape index (κ3) is 3.74. The molecule has 0 saturated heterocycles. The molecule has 0 amide bonds. The molecule has 4 nitrogen and oxygen atoms in total. The molecule has 0 saturated carbocycles. The van der Waals surface area contributed by atoms with Gasteiger partial charge in [-0.25, -0.2) is 9.59 Å². The van der Waals surface area contributed by atoms with E-state index in [9.17, 15) is 9.59 Å². The molecule has 2 rings (SSSR count). The van der Waals surface area contributed by atoms with Gasteiger partial charge in [0.15, 0.2) is 0 Å². The van der Waals surface area contributed by atoms with E-state index in [1.807, 2.05) is 0 Å². The van der Waals surface area contributed by atoms with E-state index in [4.69, 9.17) is 27.9 Å². The Morgan fingerprint density at radius 1 is 0.952 bits per heavy atom. The van der Waals surface area contributed by atoms with Crippen molar-refractivity contribution in [3.63, 3.8) is 0 Å². The van der Waals surface area contributed by atoms with Crippen LogP contribution in [-0.4, -0.2) is 19.0 Å². The lowest BCUT2D eigenvalue weighted by Crippen LogP contribution is -2.10. The maximum atomic E-state index is 12.0. The largest absolute Gasteiger partial charge is 0.465 e. The zero-order valence-corrected chi connectivity index (χ0v) is 12.4. The maximum Gasteiger partial charge on any atom is 0.343 e. The van der Waals surface area contributed by atoms with E-state index in [2.05, 4.69) is 4.74 Å². The van der Waals surface area contributed by atoms with Crippen molar-refractivity contribution in [2.75, 3.05) is 7.11 Å². The molecule has 0 unspecified atom stereocenters. The molecule has 0 atom stereocenters. The van der Waals surface area contributed by atoms with Gasteiger partial charge in [0.05, 0.1) is 23.3 Å². The lowest BCUT2D eigenvalue weighted by atomic mass is 10.1. The predicted octanol–water partition coefficient (Wildman–Crippen LogP) is 4.00. The standard InChI is InChI=1S/C15H10Cl2O4/c1-20-14(18)9-3-2-4-10(7-9)15(19)21-13-6-5-11(16)8-12(13)17/h2-8H,1H3. The third-order valence-electron chi connectivity index (χ3n) is 2.62. The number of esters is 2. The first-order valence-electron chi connectivity index (χ1n) is 5.87. The summed E-state index contributed by atoms with van der Waals surface area (Å²) in [4.78, 5) is 23.5. The van der Waals surface area contributed by atoms with Gasteiger partial charge in [0.1, 0.15) is 5.75 Å². The van der Waals surface area contributed by atoms with Crippen molar-refractivity contribution < 1.29 is 19.1 Å². The number of hydrogen-bond acceptors (Lipinski definition) is 4. The van der Waals surface area contributed by atoms with Gasteiger partial charge in [0.2, 0.25) is 0 Å². The minimum Gasteiger partial charge on any atom is -0.465 e. The number of halogens is 2. The number of hydrogen-bond donors (Lipinski definition) is 0. The second-order valence-electron chi connectivity index (χ2n) is 4.04. The van der Waals surface area contributed by atoms with Gasteiger partial charge in [-0.1, -0.05) is 29.3 Å². The third-order valence-corrected chi connectivity index (χ3v) is 3.15. The fourth-order valence-corrected chi connectivity index (χ4v) is 2.05. The Morgan fingerprint density at radius 3 is 2.24 bits per heavy atom. The molecule has 21 heavy (non-hydrogen) atoms. The molecular weight excluding hydrogens is 315 g/mol. The van der Waals surface area contributed by atoms with E-state index in [0.717, 1.165) is 0 Å². The molecular formula is C15H10Cl2O4. The highest BCUT2D eigenvalue weighted by Crippen LogP contribution is 2.28. The minimum atomic E-state index is -0.634. The van der Waals surface area contributed by atoms with E-state index in [1.165, 1.54) is 37.4 Å². The van der Waals surface area contributed by atoms with Crippen molar-refractivity contribution in [3.05, 3.63) is 63.6 Å². The van der Waals surface area contributed by atoms with Crippen LogP contribution in [0.4, 0.5) is 0 Å². The van der Waals surface area contributed by atoms with Crippen LogP contribution in [0.3, 0.4) is 0 Å². The van der Waals surface area contributed by atoms with Gasteiger partial charge in [-0.3, -0.25) is 0 Å². The van der Waals surface area contributed by atoms with Gasteiger partial charge in [-0.2, -0.15) is 0 Å². The van der Waals surface area contributed by atoms with Gasteiger partial charge >= 0.3 is 11.9 Å². The van der Waals surface area contributed by atoms with Crippen LogP contribution in [0.1, 0.15) is 20.7 Å². The number of ether oxygens (including phenoxy) is 2. The van der Waals surface area contributed by atoms with E-state index >= 15 is 0 Å². The summed E-state index contributed by atoms with van der Waals surface area (Å²) in [5.41, 5.74) is 0.470. The van der Waals surface area contributed by atoms with Crippen molar-refractivity contribution >= 4 is 35.1 Å². The van der Waals surface area contributed by atoms with Crippen LogP contribution in [0.15, 0.2) is 42.5 Å². The summed E-state index contributed by atoms with van der Waals surface area (Å²) in [6.45, 7) is 0. The monoisotopic (exact) mass is 324 g/mol. The molecule has 0 fully saturated rings. The SMILES string of the molecule is COC(=O)c1cccc(C(=O)Oc2ccc(Cl)cc2Cl)c1. The molecule has 0 radical (unpaired) electrons. The number of rotatable bonds is 3. The molecule has 0 N–H and O–H groups in total. The average Bonchev–Trinajstić information content (AvgIpc) is 2.49. The number of benzene rings is 2. The van der Waals surface area contributed by atoms with Crippen LogP contribution in [0.2, 0.25) is 10.0 Å². The Kier molecular flexibility index (Phi) is 4.83. The Bertz CT molecular complexity index is 698. The van der Waals surface area contributed by atoms with Crippen molar-refractivity contribution in [3.8, 4) is 5.75 Å². The van der Waals surface area contributed by atoms with Gasteiger partial charge in [-0.05, 0) is 36.4 Å². The van der Waals surface area contributed by atoms with Gasteiger partial charge in [0.25, 0.3) is 0 Å². The first-order valence-corrected chi connectivity index (χ1v) is 6.62. The van der Waals surface area contributed by atoms with Crippen LogP contribution in [-0.2, 0) is 4.74 Å². The van der Waals surface area contributed by atoms with Gasteiger partial charge < -0.3 is 9.47 Å². The quantitative estimate of drug-likeness (QED) is 0.632. The van der Waals surface area contributed by atoms with Crippen molar-refractivity contribution in [1.29, 1.82) is 0 Å². The summed E-state index contributed by atoms with van der Waals surface area (Å²) in [7, 11) is 1.26. The van der Waals surface area contributed by atoms with Gasteiger partial charge in [-0.15, -0.1) is 0 Å². The summed E-state index contributed by atoms with van der Waals surface area (Å²) < 4.78 is 9.77. The van der Waals surface area contributed by atoms with Crippen molar-refractivity contribution in [2.24, 2.45) is 0 Å². The smallest absolute Gasteiger partial charge is 0.343 e. The zero-order valence-electron chi connectivity index (χ0n) is 10.9. The summed E-state index contributed by atoms with van der Waals surface area (Å²) in [6.07, 6.45) is 0. The highest BCUT2D eigenvalue weighted by atomic mass is 35.5. The summed E-state index contributed by atoms with van der Waals surface area (Å²) in [6, 6.07) is 10.5. The molecule has 2 aromatic carbocycles. The molecule has 0 bridgehead atoms. The van der Waals surface area contributed by atoms with Crippen LogP contribution in [0.5, 0.6) is 5.75 Å². The van der Waals surface area contributed by atoms with Crippen LogP contribution in [0.25, 0.3) is 0 Å². The summed E-state index contributed by atoms with van der Waals surface area (Å²) in [5.74, 6) is -0.978. The van der Waals surface area contributed by atoms with E-state index < -0.39 is 11.9 Å². The molecule has 6 heteroatoms. The molecule has 0 aliphatic heterocycles. The van der Waals surface area contributed by atoms with Crippen molar-refractivity contribution in [1.82, 2.24) is 0 Å². The summed E-state index contributed by atoms with van der Waals surface area (Å²) in [5, 5.41) is 0.660. The molecule has 0 spiro atoms. The number of methoxy groups -OCH3 is 1. The Labute approximate surface area is 131 Å². The highest BCUT2D eigenvalue weighted by Gasteiger charge is 2.14. The molecule has 0 aliphatic rings. The molecule has 108 valence electrons.